The number of carbonyl (C=O) groups excluding carboxylic acids is 2. The number of amides is 2. The second-order valence-corrected chi connectivity index (χ2v) is 7.64. The van der Waals surface area contributed by atoms with Crippen LogP contribution in [0.2, 0.25) is 0 Å². The number of pyridine rings is 1. The number of benzene rings is 1. The first-order valence-corrected chi connectivity index (χ1v) is 10.1. The van der Waals surface area contributed by atoms with E-state index in [1.54, 1.807) is 18.3 Å². The predicted octanol–water partition coefficient (Wildman–Crippen LogP) is 1.43. The van der Waals surface area contributed by atoms with E-state index in [-0.39, 0.29) is 11.8 Å². The molecule has 0 radical (unpaired) electrons. The molecule has 0 unspecified atom stereocenters. The van der Waals surface area contributed by atoms with Crippen LogP contribution in [-0.4, -0.2) is 90.9 Å². The van der Waals surface area contributed by atoms with Crippen molar-refractivity contribution in [3.05, 3.63) is 59.9 Å². The maximum absolute atomic E-state index is 13.0. The van der Waals surface area contributed by atoms with Gasteiger partial charge in [0.15, 0.2) is 0 Å². The van der Waals surface area contributed by atoms with Crippen LogP contribution < -0.4 is 4.90 Å². The predicted molar refractivity (Wildman–Crippen MR) is 112 cm³/mol. The van der Waals surface area contributed by atoms with Gasteiger partial charge in [-0.25, -0.2) is 0 Å². The van der Waals surface area contributed by atoms with Crippen molar-refractivity contribution in [2.45, 2.75) is 0 Å². The van der Waals surface area contributed by atoms with Gasteiger partial charge in [0.05, 0.1) is 0 Å². The molecule has 2 amide bonds. The summed E-state index contributed by atoms with van der Waals surface area (Å²) in [6, 6.07) is 13.6. The monoisotopic (exact) mass is 393 g/mol. The van der Waals surface area contributed by atoms with E-state index in [9.17, 15) is 9.59 Å². The second-order valence-electron chi connectivity index (χ2n) is 7.64. The lowest BCUT2D eigenvalue weighted by Crippen LogP contribution is -2.49. The highest BCUT2D eigenvalue weighted by Crippen LogP contribution is 2.17. The third-order valence-corrected chi connectivity index (χ3v) is 5.70. The molecule has 0 atom stereocenters. The summed E-state index contributed by atoms with van der Waals surface area (Å²) in [5, 5.41) is 0. The number of anilines is 1. The van der Waals surface area contributed by atoms with Crippen LogP contribution >= 0.6 is 0 Å². The minimum Gasteiger partial charge on any atom is -0.368 e. The maximum Gasteiger partial charge on any atom is 0.272 e. The van der Waals surface area contributed by atoms with Gasteiger partial charge in [-0.15, -0.1) is 0 Å². The van der Waals surface area contributed by atoms with Gasteiger partial charge in [0.2, 0.25) is 0 Å². The first-order chi connectivity index (χ1) is 14.1. The molecular weight excluding hydrogens is 366 g/mol. The summed E-state index contributed by atoms with van der Waals surface area (Å²) in [7, 11) is 2.05. The van der Waals surface area contributed by atoms with Gasteiger partial charge in [0, 0.05) is 69.8 Å². The number of rotatable bonds is 3. The van der Waals surface area contributed by atoms with E-state index in [0.717, 1.165) is 26.2 Å². The summed E-state index contributed by atoms with van der Waals surface area (Å²) < 4.78 is 0. The van der Waals surface area contributed by atoms with Crippen molar-refractivity contribution >= 4 is 17.5 Å². The molecule has 0 spiro atoms. The van der Waals surface area contributed by atoms with Gasteiger partial charge in [-0.2, -0.15) is 0 Å². The van der Waals surface area contributed by atoms with E-state index in [4.69, 9.17) is 0 Å². The third kappa shape index (κ3) is 4.40. The Morgan fingerprint density at radius 3 is 2.10 bits per heavy atom. The molecule has 3 heterocycles. The molecule has 1 aromatic heterocycles. The largest absolute Gasteiger partial charge is 0.368 e. The molecule has 2 aromatic rings. The zero-order valence-corrected chi connectivity index (χ0v) is 16.8. The number of carbonyl (C=O) groups is 2. The minimum atomic E-state index is -0.0957. The second kappa shape index (κ2) is 8.61. The van der Waals surface area contributed by atoms with Gasteiger partial charge in [0.1, 0.15) is 5.69 Å². The molecule has 2 saturated heterocycles. The molecule has 0 bridgehead atoms. The zero-order valence-electron chi connectivity index (χ0n) is 16.8. The zero-order chi connectivity index (χ0) is 20.2. The van der Waals surface area contributed by atoms with Crippen LogP contribution in [0.1, 0.15) is 20.8 Å². The molecule has 2 fully saturated rings. The van der Waals surface area contributed by atoms with Gasteiger partial charge >= 0.3 is 0 Å². The molecule has 152 valence electrons. The maximum atomic E-state index is 13.0. The average molecular weight is 393 g/mol. The SMILES string of the molecule is CN1CCN(C(=O)c2cc(C(=O)N3CCN(c4ccccc4)CC3)ccn2)CC1. The Balaban J connectivity index is 1.39. The molecule has 0 N–H and O–H groups in total. The fraction of sp³-hybridized carbons (Fsp3) is 0.409. The quantitative estimate of drug-likeness (QED) is 0.790. The van der Waals surface area contributed by atoms with Gasteiger partial charge in [-0.1, -0.05) is 18.2 Å². The van der Waals surface area contributed by atoms with Gasteiger partial charge < -0.3 is 19.6 Å². The Bertz CT molecular complexity index is 857. The minimum absolute atomic E-state index is 0.0347. The first kappa shape index (κ1) is 19.4. The van der Waals surface area contributed by atoms with Crippen molar-refractivity contribution in [1.82, 2.24) is 19.7 Å². The molecule has 2 aliphatic rings. The van der Waals surface area contributed by atoms with Gasteiger partial charge in [0.25, 0.3) is 11.8 Å². The number of hydrogen-bond acceptors (Lipinski definition) is 5. The summed E-state index contributed by atoms with van der Waals surface area (Å²) in [5.41, 5.74) is 2.07. The Hall–Kier alpha value is -2.93. The average Bonchev–Trinajstić information content (AvgIpc) is 2.79. The molecule has 7 heteroatoms. The van der Waals surface area contributed by atoms with E-state index >= 15 is 0 Å². The normalized spacial score (nSPS) is 18.0. The van der Waals surface area contributed by atoms with Crippen molar-refractivity contribution in [1.29, 1.82) is 0 Å². The van der Waals surface area contributed by atoms with E-state index in [1.165, 1.54) is 5.69 Å². The van der Waals surface area contributed by atoms with E-state index in [0.29, 0.717) is 37.4 Å². The van der Waals surface area contributed by atoms with Crippen molar-refractivity contribution in [2.75, 3.05) is 64.3 Å². The Morgan fingerprint density at radius 1 is 0.793 bits per heavy atom. The number of hydrogen-bond donors (Lipinski definition) is 0. The number of likely N-dealkylation sites (N-methyl/N-ethyl adjacent to an activating group) is 1. The van der Waals surface area contributed by atoms with E-state index in [1.807, 2.05) is 28.0 Å². The van der Waals surface area contributed by atoms with Crippen molar-refractivity contribution in [2.24, 2.45) is 0 Å². The standard InChI is InChI=1S/C22H27N5O2/c1-24-9-11-27(12-10-24)22(29)20-17-18(7-8-23-20)21(28)26-15-13-25(14-16-26)19-5-3-2-4-6-19/h2-8,17H,9-16H2,1H3. The van der Waals surface area contributed by atoms with Crippen LogP contribution in [0.4, 0.5) is 5.69 Å². The fourth-order valence-corrected chi connectivity index (χ4v) is 3.84. The van der Waals surface area contributed by atoms with E-state index in [2.05, 4.69) is 34.0 Å². The summed E-state index contributed by atoms with van der Waals surface area (Å²) in [6.45, 7) is 6.02. The van der Waals surface area contributed by atoms with Crippen LogP contribution in [-0.2, 0) is 0 Å². The lowest BCUT2D eigenvalue weighted by molar-refractivity contribution is 0.0658. The molecule has 0 saturated carbocycles. The summed E-state index contributed by atoms with van der Waals surface area (Å²) in [6.07, 6.45) is 1.57. The third-order valence-electron chi connectivity index (χ3n) is 5.70. The van der Waals surface area contributed by atoms with Crippen LogP contribution in [0.3, 0.4) is 0 Å². The number of piperazine rings is 2. The lowest BCUT2D eigenvalue weighted by Gasteiger charge is -2.36. The van der Waals surface area contributed by atoms with Gasteiger partial charge in [-0.05, 0) is 31.3 Å². The number of nitrogens with zero attached hydrogens (tertiary/aromatic N) is 5. The molecular formula is C22H27N5O2. The molecule has 29 heavy (non-hydrogen) atoms. The van der Waals surface area contributed by atoms with Crippen molar-refractivity contribution in [3.63, 3.8) is 0 Å². The van der Waals surface area contributed by atoms with Crippen LogP contribution in [0.15, 0.2) is 48.7 Å². The summed E-state index contributed by atoms with van der Waals surface area (Å²) in [4.78, 5) is 38.2. The van der Waals surface area contributed by atoms with Crippen LogP contribution in [0.25, 0.3) is 0 Å². The smallest absolute Gasteiger partial charge is 0.272 e. The summed E-state index contributed by atoms with van der Waals surface area (Å²) >= 11 is 0. The molecule has 4 rings (SSSR count). The molecule has 0 aliphatic carbocycles. The number of para-hydroxylation sites is 1. The Morgan fingerprint density at radius 2 is 1.41 bits per heavy atom. The van der Waals surface area contributed by atoms with Crippen LogP contribution in [0, 0.1) is 0 Å². The Labute approximate surface area is 171 Å². The highest BCUT2D eigenvalue weighted by atomic mass is 16.2. The number of aromatic nitrogens is 1. The van der Waals surface area contributed by atoms with Crippen molar-refractivity contribution in [3.8, 4) is 0 Å². The molecule has 7 nitrogen and oxygen atoms in total. The van der Waals surface area contributed by atoms with Gasteiger partial charge in [-0.3, -0.25) is 14.6 Å². The fourth-order valence-electron chi connectivity index (χ4n) is 3.84. The topological polar surface area (TPSA) is 60.0 Å². The Kier molecular flexibility index (Phi) is 5.76. The highest BCUT2D eigenvalue weighted by Gasteiger charge is 2.25. The molecule has 2 aliphatic heterocycles. The first-order valence-electron chi connectivity index (χ1n) is 10.1. The lowest BCUT2D eigenvalue weighted by atomic mass is 10.1. The van der Waals surface area contributed by atoms with E-state index < -0.39 is 0 Å². The highest BCUT2D eigenvalue weighted by molar-refractivity contribution is 5.98. The molecule has 1 aromatic carbocycles. The van der Waals surface area contributed by atoms with Crippen molar-refractivity contribution < 1.29 is 9.59 Å². The van der Waals surface area contributed by atoms with Crippen LogP contribution in [0.5, 0.6) is 0 Å². The summed E-state index contributed by atoms with van der Waals surface area (Å²) in [5.74, 6) is -0.130.